The van der Waals surface area contributed by atoms with Crippen molar-refractivity contribution in [2.75, 3.05) is 0 Å². The zero-order chi connectivity index (χ0) is 13.5. The highest BCUT2D eigenvalue weighted by Crippen LogP contribution is 2.35. The van der Waals surface area contributed by atoms with E-state index in [2.05, 4.69) is 4.98 Å². The predicted octanol–water partition coefficient (Wildman–Crippen LogP) is 4.38. The third-order valence-electron chi connectivity index (χ3n) is 3.02. The topological polar surface area (TPSA) is 17.8 Å². The van der Waals surface area contributed by atoms with E-state index in [-0.39, 0.29) is 10.6 Å². The van der Waals surface area contributed by atoms with Crippen LogP contribution in [0.15, 0.2) is 12.1 Å². The highest BCUT2D eigenvalue weighted by molar-refractivity contribution is 6.32. The Morgan fingerprint density at radius 1 is 1.33 bits per heavy atom. The van der Waals surface area contributed by atoms with Crippen molar-refractivity contribution in [2.45, 2.75) is 39.7 Å². The van der Waals surface area contributed by atoms with E-state index in [1.54, 1.807) is 6.07 Å². The van der Waals surface area contributed by atoms with Crippen LogP contribution in [0, 0.1) is 0 Å². The molecule has 0 aliphatic rings. The van der Waals surface area contributed by atoms with E-state index in [1.165, 1.54) is 6.07 Å². The van der Waals surface area contributed by atoms with Gasteiger partial charge in [-0.3, -0.25) is 0 Å². The van der Waals surface area contributed by atoms with Crippen LogP contribution in [0.2, 0.25) is 5.02 Å². The molecule has 98 valence electrons. The second kappa shape index (κ2) is 4.50. The number of aromatic nitrogens is 2. The van der Waals surface area contributed by atoms with Gasteiger partial charge in [0.2, 0.25) is 0 Å². The fourth-order valence-electron chi connectivity index (χ4n) is 2.15. The van der Waals surface area contributed by atoms with Gasteiger partial charge in [-0.15, -0.1) is 0 Å². The molecule has 2 rings (SSSR count). The van der Waals surface area contributed by atoms with Gasteiger partial charge in [0.05, 0.1) is 16.1 Å². The lowest BCUT2D eigenvalue weighted by atomic mass is 10.1. The fraction of sp³-hybridized carbons (Fsp3) is 0.462. The van der Waals surface area contributed by atoms with Crippen molar-refractivity contribution in [1.29, 1.82) is 0 Å². The zero-order valence-corrected chi connectivity index (χ0v) is 11.4. The lowest BCUT2D eigenvalue weighted by Gasteiger charge is -2.12. The van der Waals surface area contributed by atoms with Gasteiger partial charge in [-0.05, 0) is 19.1 Å². The van der Waals surface area contributed by atoms with Crippen molar-refractivity contribution in [3.05, 3.63) is 28.5 Å². The first-order valence-corrected chi connectivity index (χ1v) is 6.33. The SMILES string of the molecule is CCc1nc2cc(C(C)(F)F)c(Cl)cc2n1CC. The highest BCUT2D eigenvalue weighted by atomic mass is 35.5. The summed E-state index contributed by atoms with van der Waals surface area (Å²) in [5.41, 5.74) is 1.22. The molecule has 0 amide bonds. The van der Waals surface area contributed by atoms with Gasteiger partial charge in [-0.1, -0.05) is 18.5 Å². The van der Waals surface area contributed by atoms with E-state index in [4.69, 9.17) is 11.6 Å². The molecule has 0 saturated heterocycles. The molecule has 2 nitrogen and oxygen atoms in total. The average molecular weight is 273 g/mol. The molecule has 0 aliphatic heterocycles. The zero-order valence-electron chi connectivity index (χ0n) is 10.6. The van der Waals surface area contributed by atoms with Crippen LogP contribution in [-0.4, -0.2) is 9.55 Å². The number of rotatable bonds is 3. The van der Waals surface area contributed by atoms with Crippen molar-refractivity contribution in [3.63, 3.8) is 0 Å². The van der Waals surface area contributed by atoms with Gasteiger partial charge < -0.3 is 4.57 Å². The van der Waals surface area contributed by atoms with E-state index in [9.17, 15) is 8.78 Å². The minimum atomic E-state index is -2.95. The second-order valence-corrected chi connectivity index (χ2v) is 4.74. The van der Waals surface area contributed by atoms with Crippen LogP contribution < -0.4 is 0 Å². The van der Waals surface area contributed by atoms with Gasteiger partial charge in [0.25, 0.3) is 5.92 Å². The van der Waals surface area contributed by atoms with Gasteiger partial charge >= 0.3 is 0 Å². The monoisotopic (exact) mass is 272 g/mol. The molecule has 5 heteroatoms. The molecular weight excluding hydrogens is 258 g/mol. The van der Waals surface area contributed by atoms with Gasteiger partial charge in [-0.25, -0.2) is 13.8 Å². The molecule has 0 bridgehead atoms. The third-order valence-corrected chi connectivity index (χ3v) is 3.33. The lowest BCUT2D eigenvalue weighted by molar-refractivity contribution is 0.0177. The van der Waals surface area contributed by atoms with Crippen molar-refractivity contribution < 1.29 is 8.78 Å². The normalized spacial score (nSPS) is 12.3. The maximum absolute atomic E-state index is 13.4. The summed E-state index contributed by atoms with van der Waals surface area (Å²) in [4.78, 5) is 4.39. The number of benzene rings is 1. The molecule has 0 atom stereocenters. The third kappa shape index (κ3) is 2.09. The van der Waals surface area contributed by atoms with Gasteiger partial charge in [0.1, 0.15) is 5.82 Å². The predicted molar refractivity (Wildman–Crippen MR) is 69.4 cm³/mol. The van der Waals surface area contributed by atoms with E-state index in [1.807, 2.05) is 18.4 Å². The standard InChI is InChI=1S/C13H15ClF2N2/c1-4-12-17-10-6-8(13(3,15)16)9(14)7-11(10)18(12)5-2/h6-7H,4-5H2,1-3H3. The smallest absolute Gasteiger partial charge is 0.272 e. The molecule has 0 fully saturated rings. The van der Waals surface area contributed by atoms with Crippen LogP contribution in [0.5, 0.6) is 0 Å². The van der Waals surface area contributed by atoms with E-state index < -0.39 is 5.92 Å². The summed E-state index contributed by atoms with van der Waals surface area (Å²) in [6.45, 7) is 5.58. The fourth-order valence-corrected chi connectivity index (χ4v) is 2.48. The molecule has 1 aromatic heterocycles. The molecule has 1 aromatic carbocycles. The van der Waals surface area contributed by atoms with Crippen molar-refractivity contribution in [1.82, 2.24) is 9.55 Å². The Labute approximate surface area is 110 Å². The highest BCUT2D eigenvalue weighted by Gasteiger charge is 2.28. The van der Waals surface area contributed by atoms with Gasteiger partial charge in [0.15, 0.2) is 0 Å². The summed E-state index contributed by atoms with van der Waals surface area (Å²) < 4.78 is 28.8. The molecule has 0 aliphatic carbocycles. The Morgan fingerprint density at radius 2 is 2.00 bits per heavy atom. The average Bonchev–Trinajstić information content (AvgIpc) is 2.63. The van der Waals surface area contributed by atoms with Crippen LogP contribution in [0.1, 0.15) is 32.2 Å². The molecule has 2 aromatic rings. The van der Waals surface area contributed by atoms with Crippen molar-refractivity contribution >= 4 is 22.6 Å². The molecule has 0 N–H and O–H groups in total. The first-order valence-electron chi connectivity index (χ1n) is 5.95. The Balaban J connectivity index is 2.74. The quantitative estimate of drug-likeness (QED) is 0.811. The summed E-state index contributed by atoms with van der Waals surface area (Å²) in [6.07, 6.45) is 0.762. The summed E-state index contributed by atoms with van der Waals surface area (Å²) in [7, 11) is 0. The number of fused-ring (bicyclic) bond motifs is 1. The summed E-state index contributed by atoms with van der Waals surface area (Å²) in [5, 5.41) is 0.0900. The van der Waals surface area contributed by atoms with E-state index in [0.717, 1.165) is 31.2 Å². The van der Waals surface area contributed by atoms with E-state index in [0.29, 0.717) is 5.52 Å². The van der Waals surface area contributed by atoms with E-state index >= 15 is 0 Å². The van der Waals surface area contributed by atoms with Gasteiger partial charge in [-0.2, -0.15) is 0 Å². The summed E-state index contributed by atoms with van der Waals surface area (Å²) >= 11 is 5.95. The number of alkyl halides is 2. The maximum atomic E-state index is 13.4. The van der Waals surface area contributed by atoms with Crippen LogP contribution in [0.25, 0.3) is 11.0 Å². The molecule has 1 heterocycles. The minimum Gasteiger partial charge on any atom is -0.328 e. The Hall–Kier alpha value is -1.16. The van der Waals surface area contributed by atoms with Gasteiger partial charge in [0, 0.05) is 25.5 Å². The summed E-state index contributed by atoms with van der Waals surface area (Å²) in [6, 6.07) is 2.97. The second-order valence-electron chi connectivity index (χ2n) is 4.33. The van der Waals surface area contributed by atoms with Crippen LogP contribution >= 0.6 is 11.6 Å². The Bertz CT molecular complexity index is 585. The summed E-state index contributed by atoms with van der Waals surface area (Å²) in [5.74, 6) is -2.06. The minimum absolute atomic E-state index is 0.0900. The van der Waals surface area contributed by atoms with Crippen LogP contribution in [0.4, 0.5) is 8.78 Å². The van der Waals surface area contributed by atoms with Crippen LogP contribution in [-0.2, 0) is 18.9 Å². The number of hydrogen-bond donors (Lipinski definition) is 0. The molecule has 0 radical (unpaired) electrons. The maximum Gasteiger partial charge on any atom is 0.272 e. The molecule has 0 saturated carbocycles. The molecule has 18 heavy (non-hydrogen) atoms. The molecule has 0 unspecified atom stereocenters. The molecule has 0 spiro atoms. The number of imidazole rings is 1. The van der Waals surface area contributed by atoms with Crippen molar-refractivity contribution in [2.24, 2.45) is 0 Å². The number of nitrogens with zero attached hydrogens (tertiary/aromatic N) is 2. The first kappa shape index (κ1) is 13.3. The number of halogens is 3. The van der Waals surface area contributed by atoms with Crippen molar-refractivity contribution in [3.8, 4) is 0 Å². The molecular formula is C13H15ClF2N2. The number of hydrogen-bond acceptors (Lipinski definition) is 1. The first-order chi connectivity index (χ1) is 8.38. The Kier molecular flexibility index (Phi) is 3.32. The lowest BCUT2D eigenvalue weighted by Crippen LogP contribution is -2.08. The van der Waals surface area contributed by atoms with Crippen LogP contribution in [0.3, 0.4) is 0 Å². The largest absolute Gasteiger partial charge is 0.328 e. The number of aryl methyl sites for hydroxylation is 2. The Morgan fingerprint density at radius 3 is 2.50 bits per heavy atom.